The minimum absolute atomic E-state index is 0.703. The van der Waals surface area contributed by atoms with Crippen LogP contribution in [0.5, 0.6) is 0 Å². The Morgan fingerprint density at radius 1 is 1.46 bits per heavy atom. The molecule has 0 saturated carbocycles. The Kier molecular flexibility index (Phi) is 5.27. The summed E-state index contributed by atoms with van der Waals surface area (Å²) in [4.78, 5) is 27.5. The third-order valence-corrected chi connectivity index (χ3v) is 0.683. The van der Waals surface area contributed by atoms with Crippen molar-refractivity contribution in [2.45, 2.75) is 6.23 Å². The first-order valence-corrected chi connectivity index (χ1v) is 2.96. The Morgan fingerprint density at radius 3 is 2.54 bits per heavy atom. The molecule has 0 aromatic rings. The zero-order chi connectivity index (χ0) is 10.3. The third kappa shape index (κ3) is 6.80. The van der Waals surface area contributed by atoms with Gasteiger partial charge in [0.2, 0.25) is 0 Å². The van der Waals surface area contributed by atoms with Gasteiger partial charge in [0.15, 0.2) is 6.23 Å². The van der Waals surface area contributed by atoms with E-state index in [1.807, 2.05) is 0 Å². The molecule has 9 nitrogen and oxygen atoms in total. The van der Waals surface area contributed by atoms with E-state index in [0.717, 1.165) is 0 Å². The van der Waals surface area contributed by atoms with Crippen LogP contribution < -0.4 is 11.1 Å². The van der Waals surface area contributed by atoms with E-state index in [1.165, 1.54) is 0 Å². The average molecular weight is 196 g/mol. The van der Waals surface area contributed by atoms with E-state index >= 15 is 0 Å². The van der Waals surface area contributed by atoms with Gasteiger partial charge in [-0.3, -0.25) is 5.32 Å². The maximum atomic E-state index is 10.4. The van der Waals surface area contributed by atoms with E-state index in [-0.39, 0.29) is 0 Å². The van der Waals surface area contributed by atoms with Gasteiger partial charge in [0.25, 0.3) is 0 Å². The van der Waals surface area contributed by atoms with Crippen LogP contribution in [0.25, 0.3) is 0 Å². The molecule has 0 aliphatic rings. The fourth-order valence-electron chi connectivity index (χ4n) is 0.287. The molecule has 9 heteroatoms. The Hall–Kier alpha value is -1.58. The first-order valence-electron chi connectivity index (χ1n) is 2.96. The number of aliphatic hydroxyl groups excluding tert-OH is 2. The van der Waals surface area contributed by atoms with E-state index in [0.29, 0.717) is 0 Å². The highest BCUT2D eigenvalue weighted by Gasteiger charge is 2.10. The van der Waals surface area contributed by atoms with E-state index in [4.69, 9.17) is 10.2 Å². The second kappa shape index (κ2) is 5.99. The number of rotatable bonds is 4. The molecule has 0 heterocycles. The molecule has 0 bridgehead atoms. The number of aliphatic hydroxyl groups is 2. The van der Waals surface area contributed by atoms with Gasteiger partial charge in [-0.1, -0.05) is 0 Å². The molecule has 1 unspecified atom stereocenters. The normalized spacial score (nSPS) is 11.5. The summed E-state index contributed by atoms with van der Waals surface area (Å²) in [6.45, 7) is -0.703. The van der Waals surface area contributed by atoms with E-state index in [2.05, 4.69) is 20.5 Å². The first-order chi connectivity index (χ1) is 6.06. The van der Waals surface area contributed by atoms with Crippen LogP contribution in [0.3, 0.4) is 0 Å². The van der Waals surface area contributed by atoms with Gasteiger partial charge in [-0.15, -0.1) is 0 Å². The van der Waals surface area contributed by atoms with Gasteiger partial charge in [0.1, 0.15) is 0 Å². The molecule has 0 spiro atoms. The van der Waals surface area contributed by atoms with Gasteiger partial charge in [-0.25, -0.2) is 19.4 Å². The monoisotopic (exact) mass is 196 g/mol. The number of nitrogens with two attached hydrogens (primary N) is 1. The Morgan fingerprint density at radius 2 is 2.08 bits per heavy atom. The molecule has 0 fully saturated rings. The number of amides is 2. The summed E-state index contributed by atoms with van der Waals surface area (Å²) < 4.78 is 0. The van der Waals surface area contributed by atoms with Crippen molar-refractivity contribution < 1.29 is 34.6 Å². The number of carbonyl (C=O) groups excluding carboxylic acids is 2. The number of primary amides is 1. The van der Waals surface area contributed by atoms with E-state index in [1.54, 1.807) is 5.32 Å². The lowest BCUT2D eigenvalue weighted by Gasteiger charge is -2.07. The summed E-state index contributed by atoms with van der Waals surface area (Å²) in [5.74, 6) is 0. The lowest BCUT2D eigenvalue weighted by atomic mass is 10.6. The van der Waals surface area contributed by atoms with Crippen LogP contribution in [0.15, 0.2) is 0 Å². The standard InChI is InChI=1S/C4H8N2O7/c5-3(9)11-13-12-4(10)6-2(8)1-7/h2,7-8H,1H2,(H2,5,9)(H,6,10). The van der Waals surface area contributed by atoms with Gasteiger partial charge in [0, 0.05) is 0 Å². The van der Waals surface area contributed by atoms with Gasteiger partial charge in [-0.2, -0.15) is 0 Å². The quantitative estimate of drug-likeness (QED) is 0.230. The maximum absolute atomic E-state index is 10.4. The zero-order valence-corrected chi connectivity index (χ0v) is 6.30. The lowest BCUT2D eigenvalue weighted by Crippen LogP contribution is -2.37. The second-order valence-electron chi connectivity index (χ2n) is 1.68. The van der Waals surface area contributed by atoms with Crippen LogP contribution in [0.4, 0.5) is 9.59 Å². The van der Waals surface area contributed by atoms with Crippen molar-refractivity contribution in [3.05, 3.63) is 0 Å². The van der Waals surface area contributed by atoms with Crippen LogP contribution in [0.2, 0.25) is 0 Å². The first kappa shape index (κ1) is 11.4. The summed E-state index contributed by atoms with van der Waals surface area (Å²) in [7, 11) is 0. The third-order valence-electron chi connectivity index (χ3n) is 0.683. The zero-order valence-electron chi connectivity index (χ0n) is 6.30. The van der Waals surface area contributed by atoms with Gasteiger partial charge in [0.05, 0.1) is 11.6 Å². The smallest absolute Gasteiger partial charge is 0.392 e. The van der Waals surface area contributed by atoms with Crippen LogP contribution in [-0.2, 0) is 14.8 Å². The van der Waals surface area contributed by atoms with Gasteiger partial charge in [-0.05, 0) is 0 Å². The van der Waals surface area contributed by atoms with Crippen molar-refractivity contribution in [1.29, 1.82) is 0 Å². The summed E-state index contributed by atoms with van der Waals surface area (Å²) in [5.41, 5.74) is 4.42. The molecule has 5 N–H and O–H groups in total. The molecule has 0 saturated heterocycles. The predicted molar refractivity (Wildman–Crippen MR) is 34.5 cm³/mol. The SMILES string of the molecule is NC(=O)OOOC(=O)NC(O)CO. The summed E-state index contributed by atoms with van der Waals surface area (Å²) >= 11 is 0. The number of carbonyl (C=O) groups is 2. The maximum Gasteiger partial charge on any atom is 0.445 e. The number of nitrogens with one attached hydrogen (secondary N) is 1. The highest BCUT2D eigenvalue weighted by molar-refractivity contribution is 5.66. The van der Waals surface area contributed by atoms with E-state index < -0.39 is 25.0 Å². The molecule has 2 amide bonds. The van der Waals surface area contributed by atoms with Crippen LogP contribution >= 0.6 is 0 Å². The largest absolute Gasteiger partial charge is 0.445 e. The van der Waals surface area contributed by atoms with E-state index in [9.17, 15) is 9.59 Å². The summed E-state index contributed by atoms with van der Waals surface area (Å²) in [5, 5.41) is 22.0. The minimum atomic E-state index is -1.50. The van der Waals surface area contributed by atoms with Crippen LogP contribution in [-0.4, -0.2) is 35.2 Å². The molecule has 0 aromatic carbocycles. The highest BCUT2D eigenvalue weighted by atomic mass is 17.5. The molecule has 0 aromatic heterocycles. The fourth-order valence-corrected chi connectivity index (χ4v) is 0.287. The molecule has 1 atom stereocenters. The number of hydrogen-bond donors (Lipinski definition) is 4. The molecule has 76 valence electrons. The Balaban J connectivity index is 3.46. The van der Waals surface area contributed by atoms with Crippen molar-refractivity contribution in [1.82, 2.24) is 5.32 Å². The topological polar surface area (TPSA) is 140 Å². The summed E-state index contributed by atoms with van der Waals surface area (Å²) in [6.07, 6.45) is -4.07. The van der Waals surface area contributed by atoms with Gasteiger partial charge < -0.3 is 15.9 Å². The lowest BCUT2D eigenvalue weighted by molar-refractivity contribution is -0.446. The van der Waals surface area contributed by atoms with Crippen LogP contribution in [0.1, 0.15) is 0 Å². The molecule has 0 aliphatic heterocycles. The molecular weight excluding hydrogens is 188 g/mol. The van der Waals surface area contributed by atoms with Gasteiger partial charge >= 0.3 is 12.2 Å². The predicted octanol–water partition coefficient (Wildman–Crippen LogP) is -2.03. The molecule has 0 rings (SSSR count). The Bertz CT molecular complexity index is 183. The van der Waals surface area contributed by atoms with Crippen molar-refractivity contribution in [2.75, 3.05) is 6.61 Å². The van der Waals surface area contributed by atoms with Crippen molar-refractivity contribution in [3.63, 3.8) is 0 Å². The number of hydrogen-bond acceptors (Lipinski definition) is 7. The van der Waals surface area contributed by atoms with Crippen LogP contribution in [0, 0.1) is 0 Å². The fraction of sp³-hybridized carbons (Fsp3) is 0.500. The molecular formula is C4H8N2O7. The highest BCUT2D eigenvalue weighted by Crippen LogP contribution is 1.84. The average Bonchev–Trinajstić information content (AvgIpc) is 2.03. The molecule has 0 radical (unpaired) electrons. The van der Waals surface area contributed by atoms with Crippen molar-refractivity contribution in [2.24, 2.45) is 5.73 Å². The summed E-state index contributed by atoms with van der Waals surface area (Å²) in [6, 6.07) is 0. The second-order valence-corrected chi connectivity index (χ2v) is 1.68. The van der Waals surface area contributed by atoms with Crippen molar-refractivity contribution in [3.8, 4) is 0 Å². The Labute approximate surface area is 71.8 Å². The molecule has 0 aliphatic carbocycles. The molecule has 13 heavy (non-hydrogen) atoms. The van der Waals surface area contributed by atoms with Crippen molar-refractivity contribution >= 4 is 12.2 Å². The minimum Gasteiger partial charge on any atom is -0.392 e.